The molecule has 2 rings (SSSR count). The third-order valence-corrected chi connectivity index (χ3v) is 3.24. The smallest absolute Gasteiger partial charge is 0.242 e. The lowest BCUT2D eigenvalue weighted by molar-refractivity contribution is -0.147. The first kappa shape index (κ1) is 11.6. The Morgan fingerprint density at radius 3 is 2.59 bits per heavy atom. The first-order valence-electron chi connectivity index (χ1n) is 5.52. The van der Waals surface area contributed by atoms with Crippen molar-refractivity contribution in [2.45, 2.75) is 12.8 Å². The molecule has 0 radical (unpaired) electrons. The molecule has 0 spiro atoms. The maximum Gasteiger partial charge on any atom is 0.242 e. The number of likely N-dealkylation sites (tertiary alicyclic amines) is 1. The Hall–Kier alpha value is -1.90. The zero-order chi connectivity index (χ0) is 12.6. The van der Waals surface area contributed by atoms with Crippen LogP contribution in [-0.2, 0) is 14.4 Å². The zero-order valence-corrected chi connectivity index (χ0v) is 9.55. The van der Waals surface area contributed by atoms with Gasteiger partial charge in [-0.25, -0.2) is 0 Å². The van der Waals surface area contributed by atoms with Gasteiger partial charge in [-0.2, -0.15) is 5.26 Å². The Morgan fingerprint density at radius 1 is 1.47 bits per heavy atom. The van der Waals surface area contributed by atoms with Crippen LogP contribution in [0.4, 0.5) is 0 Å². The standard InChI is InChI=1S/C11H13N3O3/c1-13(4-2-3-12)9(15)6-14-10(16)7-5-8(7)11(14)17/h7-8H,2,4-6H2,1H3. The van der Waals surface area contributed by atoms with E-state index in [1.165, 1.54) is 4.90 Å². The molecule has 0 aromatic heterocycles. The Labute approximate surface area is 98.8 Å². The Morgan fingerprint density at radius 2 is 2.06 bits per heavy atom. The van der Waals surface area contributed by atoms with Crippen molar-refractivity contribution in [1.29, 1.82) is 5.26 Å². The largest absolute Gasteiger partial charge is 0.343 e. The molecule has 0 aromatic carbocycles. The Balaban J connectivity index is 1.89. The predicted octanol–water partition coefficient (Wildman–Crippen LogP) is -0.637. The van der Waals surface area contributed by atoms with Crippen molar-refractivity contribution in [2.24, 2.45) is 11.8 Å². The third-order valence-electron chi connectivity index (χ3n) is 3.24. The second kappa shape index (κ2) is 4.17. The quantitative estimate of drug-likeness (QED) is 0.607. The van der Waals surface area contributed by atoms with Crippen LogP contribution in [0, 0.1) is 23.2 Å². The summed E-state index contributed by atoms with van der Waals surface area (Å²) >= 11 is 0. The van der Waals surface area contributed by atoms with Crippen LogP contribution in [0.2, 0.25) is 0 Å². The highest BCUT2D eigenvalue weighted by Crippen LogP contribution is 2.46. The monoisotopic (exact) mass is 235 g/mol. The van der Waals surface area contributed by atoms with Crippen molar-refractivity contribution in [3.63, 3.8) is 0 Å². The normalized spacial score (nSPS) is 25.5. The number of imide groups is 1. The molecule has 1 saturated carbocycles. The molecular weight excluding hydrogens is 222 g/mol. The van der Waals surface area contributed by atoms with Crippen LogP contribution < -0.4 is 0 Å². The van der Waals surface area contributed by atoms with Crippen LogP contribution in [0.5, 0.6) is 0 Å². The molecule has 1 heterocycles. The highest BCUT2D eigenvalue weighted by atomic mass is 16.2. The van der Waals surface area contributed by atoms with E-state index >= 15 is 0 Å². The van der Waals surface area contributed by atoms with E-state index in [9.17, 15) is 14.4 Å². The van der Waals surface area contributed by atoms with Crippen LogP contribution >= 0.6 is 0 Å². The van der Waals surface area contributed by atoms with Gasteiger partial charge in [0.25, 0.3) is 0 Å². The molecule has 1 saturated heterocycles. The number of nitriles is 1. The van der Waals surface area contributed by atoms with Gasteiger partial charge in [-0.05, 0) is 6.42 Å². The van der Waals surface area contributed by atoms with Gasteiger partial charge < -0.3 is 4.90 Å². The Kier molecular flexibility index (Phi) is 2.84. The van der Waals surface area contributed by atoms with Crippen molar-refractivity contribution in [1.82, 2.24) is 9.80 Å². The van der Waals surface area contributed by atoms with Gasteiger partial charge in [0.2, 0.25) is 17.7 Å². The molecule has 1 aliphatic carbocycles. The van der Waals surface area contributed by atoms with Gasteiger partial charge in [0, 0.05) is 13.6 Å². The summed E-state index contributed by atoms with van der Waals surface area (Å²) in [7, 11) is 1.56. The molecule has 0 aromatic rings. The van der Waals surface area contributed by atoms with Crippen molar-refractivity contribution in [3.05, 3.63) is 0 Å². The number of rotatable bonds is 4. The number of likely N-dealkylation sites (N-methyl/N-ethyl adjacent to an activating group) is 1. The lowest BCUT2D eigenvalue weighted by atomic mass is 10.3. The number of fused-ring (bicyclic) bond motifs is 1. The van der Waals surface area contributed by atoms with Crippen molar-refractivity contribution >= 4 is 17.7 Å². The molecule has 0 N–H and O–H groups in total. The fraction of sp³-hybridized carbons (Fsp3) is 0.636. The summed E-state index contributed by atoms with van der Waals surface area (Å²) in [5, 5.41) is 8.40. The third kappa shape index (κ3) is 2.00. The highest BCUT2D eigenvalue weighted by molar-refractivity contribution is 6.10. The van der Waals surface area contributed by atoms with E-state index in [0.717, 1.165) is 4.90 Å². The number of hydrogen-bond donors (Lipinski definition) is 0. The van der Waals surface area contributed by atoms with Crippen molar-refractivity contribution < 1.29 is 14.4 Å². The van der Waals surface area contributed by atoms with E-state index in [2.05, 4.69) is 0 Å². The second-order valence-corrected chi connectivity index (χ2v) is 4.43. The van der Waals surface area contributed by atoms with Crippen LogP contribution in [0.3, 0.4) is 0 Å². The van der Waals surface area contributed by atoms with Crippen molar-refractivity contribution in [3.8, 4) is 6.07 Å². The Bertz CT molecular complexity index is 406. The van der Waals surface area contributed by atoms with Gasteiger partial charge in [-0.15, -0.1) is 0 Å². The minimum Gasteiger partial charge on any atom is -0.343 e. The molecule has 90 valence electrons. The summed E-state index contributed by atoms with van der Waals surface area (Å²) in [5.41, 5.74) is 0. The number of piperidine rings is 1. The topological polar surface area (TPSA) is 81.5 Å². The van der Waals surface area contributed by atoms with Crippen LogP contribution in [0.25, 0.3) is 0 Å². The number of hydrogen-bond acceptors (Lipinski definition) is 4. The molecule has 1 aliphatic heterocycles. The molecule has 3 amide bonds. The van der Waals surface area contributed by atoms with E-state index in [1.54, 1.807) is 7.05 Å². The van der Waals surface area contributed by atoms with Gasteiger partial charge in [-0.1, -0.05) is 0 Å². The van der Waals surface area contributed by atoms with Gasteiger partial charge >= 0.3 is 0 Å². The summed E-state index contributed by atoms with van der Waals surface area (Å²) in [6.45, 7) is 0.130. The first-order chi connectivity index (χ1) is 8.06. The lowest BCUT2D eigenvalue weighted by Gasteiger charge is -2.20. The molecule has 2 unspecified atom stereocenters. The minimum atomic E-state index is -0.303. The van der Waals surface area contributed by atoms with Gasteiger partial charge in [0.1, 0.15) is 6.54 Å². The van der Waals surface area contributed by atoms with E-state index in [1.807, 2.05) is 6.07 Å². The van der Waals surface area contributed by atoms with E-state index < -0.39 is 0 Å². The highest BCUT2D eigenvalue weighted by Gasteiger charge is 2.59. The van der Waals surface area contributed by atoms with Crippen LogP contribution in [0.15, 0.2) is 0 Å². The van der Waals surface area contributed by atoms with Gasteiger partial charge in [-0.3, -0.25) is 19.3 Å². The number of carbonyl (C=O) groups excluding carboxylic acids is 3. The first-order valence-corrected chi connectivity index (χ1v) is 5.52. The molecule has 6 heteroatoms. The number of nitrogens with zero attached hydrogens (tertiary/aromatic N) is 3. The molecular formula is C11H13N3O3. The van der Waals surface area contributed by atoms with Gasteiger partial charge in [0.15, 0.2) is 0 Å². The maximum absolute atomic E-state index is 11.7. The molecule has 2 fully saturated rings. The number of carbonyl (C=O) groups is 3. The summed E-state index contributed by atoms with van der Waals surface area (Å²) in [4.78, 5) is 37.3. The van der Waals surface area contributed by atoms with Gasteiger partial charge in [0.05, 0.1) is 24.3 Å². The fourth-order valence-electron chi connectivity index (χ4n) is 2.00. The minimum absolute atomic E-state index is 0.167. The van der Waals surface area contributed by atoms with E-state index in [0.29, 0.717) is 13.0 Å². The average Bonchev–Trinajstić information content (AvgIpc) is 3.06. The summed E-state index contributed by atoms with van der Waals surface area (Å²) in [6, 6.07) is 1.94. The molecule has 17 heavy (non-hydrogen) atoms. The SMILES string of the molecule is CN(CCC#N)C(=O)CN1C(=O)C2CC2C1=O. The van der Waals surface area contributed by atoms with Crippen molar-refractivity contribution in [2.75, 3.05) is 20.1 Å². The summed E-state index contributed by atoms with van der Waals surface area (Å²) in [6.07, 6.45) is 0.891. The number of amides is 3. The average molecular weight is 235 g/mol. The summed E-state index contributed by atoms with van der Waals surface area (Å²) < 4.78 is 0. The molecule has 6 nitrogen and oxygen atoms in total. The molecule has 2 aliphatic rings. The lowest BCUT2D eigenvalue weighted by Crippen LogP contribution is -2.42. The van der Waals surface area contributed by atoms with Crippen LogP contribution in [-0.4, -0.2) is 47.7 Å². The second-order valence-electron chi connectivity index (χ2n) is 4.43. The van der Waals surface area contributed by atoms with E-state index in [4.69, 9.17) is 5.26 Å². The van der Waals surface area contributed by atoms with E-state index in [-0.39, 0.29) is 42.5 Å². The molecule has 2 atom stereocenters. The predicted molar refractivity (Wildman–Crippen MR) is 56.2 cm³/mol. The summed E-state index contributed by atoms with van der Waals surface area (Å²) in [5.74, 6) is -1.08. The molecule has 0 bridgehead atoms. The maximum atomic E-state index is 11.7. The fourth-order valence-corrected chi connectivity index (χ4v) is 2.00. The zero-order valence-electron chi connectivity index (χ0n) is 9.55. The van der Waals surface area contributed by atoms with Crippen LogP contribution in [0.1, 0.15) is 12.8 Å².